The van der Waals surface area contributed by atoms with Gasteiger partial charge >= 0.3 is 0 Å². The predicted molar refractivity (Wildman–Crippen MR) is 74.5 cm³/mol. The van der Waals surface area contributed by atoms with E-state index in [4.69, 9.17) is 29.0 Å². The molecule has 3 nitrogen and oxygen atoms in total. The Bertz CT molecular complexity index is 497. The molecule has 1 atom stereocenters. The molecule has 0 amide bonds. The number of rotatable bonds is 4. The summed E-state index contributed by atoms with van der Waals surface area (Å²) in [7, 11) is 0. The van der Waals surface area contributed by atoms with Gasteiger partial charge in [0.1, 0.15) is 0 Å². The van der Waals surface area contributed by atoms with E-state index in [-0.39, 0.29) is 6.04 Å². The number of halogens is 2. The van der Waals surface area contributed by atoms with Crippen LogP contribution >= 0.6 is 23.2 Å². The van der Waals surface area contributed by atoms with Crippen LogP contribution in [0.3, 0.4) is 0 Å². The van der Waals surface area contributed by atoms with Crippen molar-refractivity contribution in [1.82, 2.24) is 10.4 Å². The van der Waals surface area contributed by atoms with E-state index < -0.39 is 0 Å². The minimum Gasteiger partial charge on any atom is -0.271 e. The van der Waals surface area contributed by atoms with E-state index in [1.54, 1.807) is 12.4 Å². The fourth-order valence-corrected chi connectivity index (χ4v) is 2.35. The molecule has 0 spiro atoms. The summed E-state index contributed by atoms with van der Waals surface area (Å²) in [4.78, 5) is 3.98. The average molecular weight is 282 g/mol. The molecule has 0 saturated carbocycles. The number of nitrogens with zero attached hydrogens (tertiary/aromatic N) is 1. The summed E-state index contributed by atoms with van der Waals surface area (Å²) in [5, 5.41) is 1.30. The summed E-state index contributed by atoms with van der Waals surface area (Å²) in [5.74, 6) is 5.60. The highest BCUT2D eigenvalue weighted by Crippen LogP contribution is 2.28. The zero-order chi connectivity index (χ0) is 13.0. The molecular formula is C13H13Cl2N3. The highest BCUT2D eigenvalue weighted by atomic mass is 35.5. The number of aromatic nitrogens is 1. The van der Waals surface area contributed by atoms with Crippen LogP contribution in [0.5, 0.6) is 0 Å². The molecule has 0 fully saturated rings. The monoisotopic (exact) mass is 281 g/mol. The molecule has 0 aliphatic carbocycles. The van der Waals surface area contributed by atoms with Crippen LogP contribution in [0.15, 0.2) is 42.7 Å². The molecule has 3 N–H and O–H groups in total. The predicted octanol–water partition coefficient (Wildman–Crippen LogP) is 3.14. The van der Waals surface area contributed by atoms with Crippen molar-refractivity contribution in [2.45, 2.75) is 12.5 Å². The Hall–Kier alpha value is -1.13. The van der Waals surface area contributed by atoms with Gasteiger partial charge in [-0.1, -0.05) is 29.3 Å². The van der Waals surface area contributed by atoms with Crippen LogP contribution < -0.4 is 11.3 Å². The minimum absolute atomic E-state index is 0.0506. The van der Waals surface area contributed by atoms with Crippen molar-refractivity contribution in [3.05, 3.63) is 63.9 Å². The molecule has 0 radical (unpaired) electrons. The molecule has 0 bridgehead atoms. The quantitative estimate of drug-likeness (QED) is 0.669. The Balaban J connectivity index is 2.26. The van der Waals surface area contributed by atoms with Crippen molar-refractivity contribution < 1.29 is 0 Å². The average Bonchev–Trinajstić information content (AvgIpc) is 2.40. The fourth-order valence-electron chi connectivity index (χ4n) is 1.80. The minimum atomic E-state index is -0.0506. The van der Waals surface area contributed by atoms with Crippen molar-refractivity contribution in [3.8, 4) is 0 Å². The van der Waals surface area contributed by atoms with Crippen molar-refractivity contribution in [2.24, 2.45) is 5.84 Å². The summed E-state index contributed by atoms with van der Waals surface area (Å²) in [6.07, 6.45) is 4.08. The molecule has 1 unspecified atom stereocenters. The SMILES string of the molecule is NNC(Cc1c(Cl)cccc1Cl)c1ccncc1. The molecule has 0 aliphatic heterocycles. The molecule has 1 aromatic heterocycles. The lowest BCUT2D eigenvalue weighted by Crippen LogP contribution is -2.29. The van der Waals surface area contributed by atoms with Crippen LogP contribution in [0, 0.1) is 0 Å². The summed E-state index contributed by atoms with van der Waals surface area (Å²) in [6, 6.07) is 9.24. The van der Waals surface area contributed by atoms with E-state index in [9.17, 15) is 0 Å². The third kappa shape index (κ3) is 3.00. The van der Waals surface area contributed by atoms with Gasteiger partial charge in [-0.3, -0.25) is 16.3 Å². The highest BCUT2D eigenvalue weighted by molar-refractivity contribution is 6.36. The maximum Gasteiger partial charge on any atom is 0.0502 e. The lowest BCUT2D eigenvalue weighted by Gasteiger charge is -2.17. The largest absolute Gasteiger partial charge is 0.271 e. The molecule has 0 aliphatic rings. The third-order valence-corrected chi connectivity index (χ3v) is 3.49. The first kappa shape index (κ1) is 13.3. The second-order valence-corrected chi connectivity index (χ2v) is 4.72. The number of hydrazine groups is 1. The van der Waals surface area contributed by atoms with E-state index >= 15 is 0 Å². The van der Waals surface area contributed by atoms with Crippen LogP contribution in [0.25, 0.3) is 0 Å². The van der Waals surface area contributed by atoms with Gasteiger partial charge in [0.2, 0.25) is 0 Å². The van der Waals surface area contributed by atoms with Gasteiger partial charge in [-0.25, -0.2) is 0 Å². The smallest absolute Gasteiger partial charge is 0.0502 e. The Labute approximate surface area is 116 Å². The zero-order valence-corrected chi connectivity index (χ0v) is 11.1. The Morgan fingerprint density at radius 3 is 2.28 bits per heavy atom. The van der Waals surface area contributed by atoms with Crippen LogP contribution in [0.4, 0.5) is 0 Å². The topological polar surface area (TPSA) is 50.9 Å². The van der Waals surface area contributed by atoms with E-state index in [0.29, 0.717) is 16.5 Å². The van der Waals surface area contributed by atoms with E-state index in [1.807, 2.05) is 30.3 Å². The van der Waals surface area contributed by atoms with E-state index in [0.717, 1.165) is 11.1 Å². The fraction of sp³-hybridized carbons (Fsp3) is 0.154. The molecule has 5 heteroatoms. The number of benzene rings is 1. The third-order valence-electron chi connectivity index (χ3n) is 2.78. The Morgan fingerprint density at radius 2 is 1.72 bits per heavy atom. The van der Waals surface area contributed by atoms with Gasteiger partial charge < -0.3 is 0 Å². The molecule has 1 aromatic carbocycles. The number of pyridine rings is 1. The second kappa shape index (κ2) is 6.16. The molecule has 94 valence electrons. The summed E-state index contributed by atoms with van der Waals surface area (Å²) < 4.78 is 0. The van der Waals surface area contributed by atoms with Gasteiger partial charge in [0.05, 0.1) is 6.04 Å². The van der Waals surface area contributed by atoms with Crippen LogP contribution in [0.2, 0.25) is 10.0 Å². The lowest BCUT2D eigenvalue weighted by molar-refractivity contribution is 0.551. The second-order valence-electron chi connectivity index (χ2n) is 3.90. The molecular weight excluding hydrogens is 269 g/mol. The summed E-state index contributed by atoms with van der Waals surface area (Å²) in [5.41, 5.74) is 4.71. The number of nitrogens with one attached hydrogen (secondary N) is 1. The molecule has 1 heterocycles. The highest BCUT2D eigenvalue weighted by Gasteiger charge is 2.14. The van der Waals surface area contributed by atoms with Gasteiger partial charge in [0.15, 0.2) is 0 Å². The van der Waals surface area contributed by atoms with Gasteiger partial charge in [-0.2, -0.15) is 0 Å². The summed E-state index contributed by atoms with van der Waals surface area (Å²) in [6.45, 7) is 0. The first-order chi connectivity index (χ1) is 8.72. The molecule has 2 aromatic rings. The molecule has 2 rings (SSSR count). The van der Waals surface area contributed by atoms with Crippen LogP contribution in [0.1, 0.15) is 17.2 Å². The van der Waals surface area contributed by atoms with E-state index in [2.05, 4.69) is 10.4 Å². The van der Waals surface area contributed by atoms with E-state index in [1.165, 1.54) is 0 Å². The Morgan fingerprint density at radius 1 is 1.11 bits per heavy atom. The Kier molecular flexibility index (Phi) is 4.55. The molecule has 18 heavy (non-hydrogen) atoms. The summed E-state index contributed by atoms with van der Waals surface area (Å²) >= 11 is 12.3. The maximum absolute atomic E-state index is 6.15. The number of hydrogen-bond donors (Lipinski definition) is 2. The van der Waals surface area contributed by atoms with Crippen molar-refractivity contribution in [1.29, 1.82) is 0 Å². The van der Waals surface area contributed by atoms with Crippen molar-refractivity contribution >= 4 is 23.2 Å². The van der Waals surface area contributed by atoms with Gasteiger partial charge in [0, 0.05) is 22.4 Å². The van der Waals surface area contributed by atoms with Crippen molar-refractivity contribution in [2.75, 3.05) is 0 Å². The number of hydrogen-bond acceptors (Lipinski definition) is 3. The molecule has 0 saturated heterocycles. The normalized spacial score (nSPS) is 12.4. The van der Waals surface area contributed by atoms with Crippen molar-refractivity contribution in [3.63, 3.8) is 0 Å². The maximum atomic E-state index is 6.15. The van der Waals surface area contributed by atoms with Crippen LogP contribution in [-0.2, 0) is 6.42 Å². The first-order valence-corrected chi connectivity index (χ1v) is 6.27. The lowest BCUT2D eigenvalue weighted by atomic mass is 10.0. The van der Waals surface area contributed by atoms with Crippen LogP contribution in [-0.4, -0.2) is 4.98 Å². The van der Waals surface area contributed by atoms with Gasteiger partial charge in [0.25, 0.3) is 0 Å². The first-order valence-electron chi connectivity index (χ1n) is 5.51. The van der Waals surface area contributed by atoms with Gasteiger partial charge in [-0.15, -0.1) is 0 Å². The zero-order valence-electron chi connectivity index (χ0n) is 9.61. The number of nitrogens with two attached hydrogens (primary N) is 1. The standard InChI is InChI=1S/C13H13Cl2N3/c14-11-2-1-3-12(15)10(11)8-13(18-16)9-4-6-17-7-5-9/h1-7,13,18H,8,16H2. The van der Waals surface area contributed by atoms with Gasteiger partial charge in [-0.05, 0) is 41.8 Å².